The van der Waals surface area contributed by atoms with Crippen LogP contribution in [0, 0.1) is 5.92 Å². The minimum Gasteiger partial charge on any atom is -0.394 e. The zero-order valence-corrected chi connectivity index (χ0v) is 10.1. The van der Waals surface area contributed by atoms with E-state index in [4.69, 9.17) is 9.47 Å². The summed E-state index contributed by atoms with van der Waals surface area (Å²) in [4.78, 5) is 0. The van der Waals surface area contributed by atoms with E-state index in [-0.39, 0.29) is 12.1 Å². The monoisotopic (exact) mass is 229 g/mol. The van der Waals surface area contributed by atoms with E-state index in [1.54, 1.807) is 0 Å². The molecule has 1 saturated heterocycles. The molecule has 1 heterocycles. The first-order valence-corrected chi connectivity index (χ1v) is 6.30. The van der Waals surface area contributed by atoms with Crippen molar-refractivity contribution >= 4 is 0 Å². The van der Waals surface area contributed by atoms with E-state index in [2.05, 4.69) is 5.32 Å². The second-order valence-corrected chi connectivity index (χ2v) is 4.96. The van der Waals surface area contributed by atoms with Gasteiger partial charge in [0.05, 0.1) is 24.9 Å². The van der Waals surface area contributed by atoms with E-state index >= 15 is 0 Å². The van der Waals surface area contributed by atoms with Crippen LogP contribution in [0.3, 0.4) is 0 Å². The molecule has 0 radical (unpaired) electrons. The summed E-state index contributed by atoms with van der Waals surface area (Å²) in [6.07, 6.45) is 4.69. The van der Waals surface area contributed by atoms with Crippen LogP contribution in [0.1, 0.15) is 25.7 Å². The summed E-state index contributed by atoms with van der Waals surface area (Å²) in [6, 6.07) is 0. The van der Waals surface area contributed by atoms with Gasteiger partial charge in [-0.15, -0.1) is 0 Å². The molecule has 4 nitrogen and oxygen atoms in total. The smallest absolute Gasteiger partial charge is 0.0677 e. The number of aliphatic hydroxyl groups excluding tert-OH is 1. The maximum absolute atomic E-state index is 9.55. The number of aliphatic hydroxyl groups is 1. The van der Waals surface area contributed by atoms with Crippen LogP contribution in [0.5, 0.6) is 0 Å². The number of hydrogen-bond acceptors (Lipinski definition) is 4. The molecule has 0 spiro atoms. The molecule has 0 aromatic carbocycles. The molecule has 2 N–H and O–H groups in total. The molecule has 0 aromatic rings. The van der Waals surface area contributed by atoms with Crippen LogP contribution in [0.25, 0.3) is 0 Å². The fourth-order valence-electron chi connectivity index (χ4n) is 2.39. The van der Waals surface area contributed by atoms with Crippen LogP contribution in [0.4, 0.5) is 0 Å². The van der Waals surface area contributed by atoms with E-state index in [0.717, 1.165) is 26.1 Å². The van der Waals surface area contributed by atoms with Crippen molar-refractivity contribution < 1.29 is 14.6 Å². The van der Waals surface area contributed by atoms with Gasteiger partial charge >= 0.3 is 0 Å². The molecule has 1 unspecified atom stereocenters. The number of rotatable bonds is 6. The highest BCUT2D eigenvalue weighted by Crippen LogP contribution is 2.39. The summed E-state index contributed by atoms with van der Waals surface area (Å²) < 4.78 is 11.2. The van der Waals surface area contributed by atoms with Crippen LogP contribution in [0.15, 0.2) is 0 Å². The molecule has 16 heavy (non-hydrogen) atoms. The minimum absolute atomic E-state index is 0.164. The summed E-state index contributed by atoms with van der Waals surface area (Å²) in [5, 5.41) is 12.8. The van der Waals surface area contributed by atoms with E-state index in [1.165, 1.54) is 12.8 Å². The van der Waals surface area contributed by atoms with Crippen molar-refractivity contribution in [2.24, 2.45) is 5.92 Å². The van der Waals surface area contributed by atoms with Crippen LogP contribution in [-0.2, 0) is 9.47 Å². The van der Waals surface area contributed by atoms with Crippen LogP contribution < -0.4 is 5.32 Å². The highest BCUT2D eigenvalue weighted by molar-refractivity contribution is 5.00. The van der Waals surface area contributed by atoms with Crippen molar-refractivity contribution in [1.82, 2.24) is 5.32 Å². The molecule has 2 aliphatic rings. The fourth-order valence-corrected chi connectivity index (χ4v) is 2.39. The third-order valence-corrected chi connectivity index (χ3v) is 3.88. The lowest BCUT2D eigenvalue weighted by Crippen LogP contribution is -2.53. The second-order valence-electron chi connectivity index (χ2n) is 4.96. The Balaban J connectivity index is 1.80. The molecule has 1 aliphatic carbocycles. The van der Waals surface area contributed by atoms with Crippen LogP contribution >= 0.6 is 0 Å². The van der Waals surface area contributed by atoms with Gasteiger partial charge in [0.25, 0.3) is 0 Å². The highest BCUT2D eigenvalue weighted by Gasteiger charge is 2.44. The predicted molar refractivity (Wildman–Crippen MR) is 61.4 cm³/mol. The van der Waals surface area contributed by atoms with Gasteiger partial charge in [-0.3, -0.25) is 0 Å². The third-order valence-electron chi connectivity index (χ3n) is 3.88. The summed E-state index contributed by atoms with van der Waals surface area (Å²) in [6.45, 7) is 2.40. The summed E-state index contributed by atoms with van der Waals surface area (Å²) in [7, 11) is 1.92. The van der Waals surface area contributed by atoms with Crippen molar-refractivity contribution in [1.29, 1.82) is 0 Å². The van der Waals surface area contributed by atoms with Gasteiger partial charge in [-0.2, -0.15) is 0 Å². The lowest BCUT2D eigenvalue weighted by molar-refractivity contribution is -0.0624. The largest absolute Gasteiger partial charge is 0.394 e. The zero-order chi connectivity index (χ0) is 11.4. The first-order valence-electron chi connectivity index (χ1n) is 6.30. The molecular weight excluding hydrogens is 206 g/mol. The molecule has 1 saturated carbocycles. The molecule has 0 bridgehead atoms. The Kier molecular flexibility index (Phi) is 4.19. The van der Waals surface area contributed by atoms with E-state index in [1.807, 2.05) is 7.05 Å². The molecule has 0 amide bonds. The molecule has 1 atom stereocenters. The molecule has 4 heteroatoms. The predicted octanol–water partition coefficient (Wildman–Crippen LogP) is 0.542. The van der Waals surface area contributed by atoms with Gasteiger partial charge in [-0.05, 0) is 38.6 Å². The second kappa shape index (κ2) is 5.45. The summed E-state index contributed by atoms with van der Waals surface area (Å²) >= 11 is 0. The maximum Gasteiger partial charge on any atom is 0.0677 e. The first-order chi connectivity index (χ1) is 7.80. The normalized spacial score (nSPS) is 26.6. The number of hydrogen-bond donors (Lipinski definition) is 2. The summed E-state index contributed by atoms with van der Waals surface area (Å²) in [5.41, 5.74) is -0.210. The standard InChI is InChI=1S/C12H23NO3/c1-13-12(8-14,10-2-3-10)9-16-11-4-6-15-7-5-11/h10-11,13-14H,2-9H2,1H3. The van der Waals surface area contributed by atoms with Gasteiger partial charge in [0.1, 0.15) is 0 Å². The Morgan fingerprint density at radius 1 is 1.31 bits per heavy atom. The molecule has 94 valence electrons. The maximum atomic E-state index is 9.55. The van der Waals surface area contributed by atoms with Crippen molar-refractivity contribution in [3.05, 3.63) is 0 Å². The molecule has 2 fully saturated rings. The number of nitrogens with one attached hydrogen (secondary N) is 1. The SMILES string of the molecule is CNC(CO)(COC1CCOCC1)C1CC1. The zero-order valence-electron chi connectivity index (χ0n) is 10.1. The Morgan fingerprint density at radius 2 is 2.00 bits per heavy atom. The van der Waals surface area contributed by atoms with Gasteiger partial charge in [0.15, 0.2) is 0 Å². The van der Waals surface area contributed by atoms with Gasteiger partial charge in [0, 0.05) is 13.2 Å². The Hall–Kier alpha value is -0.160. The van der Waals surface area contributed by atoms with Gasteiger partial charge in [0.2, 0.25) is 0 Å². The Bertz CT molecular complexity index is 208. The van der Waals surface area contributed by atoms with Crippen molar-refractivity contribution in [2.45, 2.75) is 37.3 Å². The average Bonchev–Trinajstić information content (AvgIpc) is 3.17. The van der Waals surface area contributed by atoms with Gasteiger partial charge in [-0.25, -0.2) is 0 Å². The third kappa shape index (κ3) is 2.74. The Labute approximate surface area is 97.3 Å². The topological polar surface area (TPSA) is 50.7 Å². The van der Waals surface area contributed by atoms with Crippen molar-refractivity contribution in [3.8, 4) is 0 Å². The lowest BCUT2D eigenvalue weighted by atomic mass is 9.95. The van der Waals surface area contributed by atoms with Crippen LogP contribution in [0.2, 0.25) is 0 Å². The molecule has 2 rings (SSSR count). The minimum atomic E-state index is -0.210. The van der Waals surface area contributed by atoms with E-state index < -0.39 is 0 Å². The highest BCUT2D eigenvalue weighted by atomic mass is 16.5. The fraction of sp³-hybridized carbons (Fsp3) is 1.00. The summed E-state index contributed by atoms with van der Waals surface area (Å²) in [5.74, 6) is 0.586. The van der Waals surface area contributed by atoms with E-state index in [9.17, 15) is 5.11 Å². The Morgan fingerprint density at radius 3 is 2.50 bits per heavy atom. The van der Waals surface area contributed by atoms with Gasteiger partial charge < -0.3 is 19.9 Å². The average molecular weight is 229 g/mol. The number of likely N-dealkylation sites (N-methyl/N-ethyl adjacent to an activating group) is 1. The molecular formula is C12H23NO3. The number of ether oxygens (including phenoxy) is 2. The molecule has 0 aromatic heterocycles. The molecule has 1 aliphatic heterocycles. The van der Waals surface area contributed by atoms with Crippen molar-refractivity contribution in [2.75, 3.05) is 33.5 Å². The first kappa shape index (κ1) is 12.3. The lowest BCUT2D eigenvalue weighted by Gasteiger charge is -2.34. The van der Waals surface area contributed by atoms with Crippen LogP contribution in [-0.4, -0.2) is 50.2 Å². The van der Waals surface area contributed by atoms with Crippen molar-refractivity contribution in [3.63, 3.8) is 0 Å². The van der Waals surface area contributed by atoms with Gasteiger partial charge in [-0.1, -0.05) is 0 Å². The van der Waals surface area contributed by atoms with E-state index in [0.29, 0.717) is 18.6 Å². The quantitative estimate of drug-likeness (QED) is 0.698.